The Bertz CT molecular complexity index is 1440. The number of nitrogens with zero attached hydrogens (tertiary/aromatic N) is 2. The zero-order chi connectivity index (χ0) is 26.4. The van der Waals surface area contributed by atoms with Crippen molar-refractivity contribution in [2.45, 2.75) is 0 Å². The van der Waals surface area contributed by atoms with E-state index in [4.69, 9.17) is 9.95 Å². The van der Waals surface area contributed by atoms with Gasteiger partial charge in [0.15, 0.2) is 0 Å². The predicted octanol–water partition coefficient (Wildman–Crippen LogP) is 5.58. The summed E-state index contributed by atoms with van der Waals surface area (Å²) in [6.45, 7) is 0.547. The quantitative estimate of drug-likeness (QED) is 0.189. The average Bonchev–Trinajstić information content (AvgIpc) is 2.93. The topological polar surface area (TPSA) is 74.8 Å². The predicted molar refractivity (Wildman–Crippen MR) is 155 cm³/mol. The molecule has 4 amide bonds. The number of halogens is 1. The Morgan fingerprint density at radius 3 is 1.18 bits per heavy atom. The summed E-state index contributed by atoms with van der Waals surface area (Å²) in [5, 5.41) is 3.20. The monoisotopic (exact) mass is 622 g/mol. The van der Waals surface area contributed by atoms with Gasteiger partial charge >= 0.3 is 235 Å². The molecule has 0 spiro atoms. The van der Waals surface area contributed by atoms with Crippen molar-refractivity contribution in [1.82, 2.24) is 9.80 Å². The molecule has 6 rings (SSSR count). The van der Waals surface area contributed by atoms with E-state index in [2.05, 4.69) is 0 Å². The number of benzene rings is 4. The van der Waals surface area contributed by atoms with E-state index in [1.807, 2.05) is 48.5 Å². The standard InChI is InChI=1S/C28H20AsClN2O4S2/c30-29(37-15-13-31-25(33)19-9-1-5-17-6-2-10-20(23(17)19)26(31)34)38-16-14-32-27(35)21-11-3-7-18-8-4-12-22(24(18)21)28(32)36/h1-12H,13-16H2. The first-order valence-electron chi connectivity index (χ1n) is 11.9. The summed E-state index contributed by atoms with van der Waals surface area (Å²) < 4.78 is 0. The molecule has 0 fully saturated rings. The van der Waals surface area contributed by atoms with E-state index in [1.54, 1.807) is 44.3 Å². The van der Waals surface area contributed by atoms with Gasteiger partial charge in [-0.25, -0.2) is 0 Å². The number of amides is 4. The summed E-state index contributed by atoms with van der Waals surface area (Å²) in [6, 6.07) is 22.0. The molecular formula is C28H20AsClN2O4S2. The van der Waals surface area contributed by atoms with Crippen molar-refractivity contribution >= 4 is 86.6 Å². The van der Waals surface area contributed by atoms with Crippen molar-refractivity contribution in [1.29, 1.82) is 0 Å². The van der Waals surface area contributed by atoms with Gasteiger partial charge in [-0.05, 0) is 0 Å². The first kappa shape index (κ1) is 25.5. The van der Waals surface area contributed by atoms with E-state index in [9.17, 15) is 19.2 Å². The van der Waals surface area contributed by atoms with E-state index in [0.29, 0.717) is 33.8 Å². The Hall–Kier alpha value is -2.77. The summed E-state index contributed by atoms with van der Waals surface area (Å²) in [5.74, 6) is -0.0546. The zero-order valence-electron chi connectivity index (χ0n) is 19.9. The molecule has 190 valence electrons. The molecule has 0 bridgehead atoms. The van der Waals surface area contributed by atoms with E-state index in [1.165, 1.54) is 9.80 Å². The molecule has 0 aromatic heterocycles. The second kappa shape index (κ2) is 10.4. The Morgan fingerprint density at radius 1 is 0.553 bits per heavy atom. The van der Waals surface area contributed by atoms with Gasteiger partial charge in [0.1, 0.15) is 0 Å². The van der Waals surface area contributed by atoms with E-state index >= 15 is 0 Å². The third-order valence-electron chi connectivity index (χ3n) is 6.73. The Kier molecular flexibility index (Phi) is 6.99. The van der Waals surface area contributed by atoms with E-state index < -0.39 is 11.4 Å². The average molecular weight is 623 g/mol. The van der Waals surface area contributed by atoms with Gasteiger partial charge in [0.2, 0.25) is 0 Å². The first-order chi connectivity index (χ1) is 18.5. The molecule has 2 aliphatic rings. The Morgan fingerprint density at radius 2 is 0.868 bits per heavy atom. The van der Waals surface area contributed by atoms with Crippen LogP contribution < -0.4 is 0 Å². The molecule has 0 N–H and O–H groups in total. The number of rotatable bonds is 8. The van der Waals surface area contributed by atoms with Gasteiger partial charge in [0.05, 0.1) is 0 Å². The maximum absolute atomic E-state index is 13.1. The molecule has 2 aliphatic heterocycles. The maximum atomic E-state index is 13.1. The molecule has 10 heteroatoms. The van der Waals surface area contributed by atoms with Crippen molar-refractivity contribution in [2.24, 2.45) is 0 Å². The van der Waals surface area contributed by atoms with Crippen LogP contribution in [0.2, 0.25) is 0 Å². The van der Waals surface area contributed by atoms with Gasteiger partial charge < -0.3 is 0 Å². The van der Waals surface area contributed by atoms with Crippen molar-refractivity contribution in [3.05, 3.63) is 95.1 Å². The molecule has 6 nitrogen and oxygen atoms in total. The van der Waals surface area contributed by atoms with Gasteiger partial charge in [-0.3, -0.25) is 0 Å². The molecule has 0 unspecified atom stereocenters. The fourth-order valence-electron chi connectivity index (χ4n) is 5.01. The fourth-order valence-corrected chi connectivity index (χ4v) is 14.8. The number of hydrogen-bond donors (Lipinski definition) is 0. The van der Waals surface area contributed by atoms with Gasteiger partial charge in [-0.15, -0.1) is 0 Å². The molecule has 4 aromatic rings. The van der Waals surface area contributed by atoms with Crippen LogP contribution in [0.1, 0.15) is 41.4 Å². The minimum absolute atomic E-state index is 0.273. The molecule has 0 atom stereocenters. The van der Waals surface area contributed by atoms with Crippen LogP contribution in [0.15, 0.2) is 72.8 Å². The second-order valence-corrected chi connectivity index (χ2v) is 23.1. The molecule has 2 heterocycles. The van der Waals surface area contributed by atoms with Crippen LogP contribution in [0.3, 0.4) is 0 Å². The van der Waals surface area contributed by atoms with Gasteiger partial charge in [-0.2, -0.15) is 0 Å². The summed E-state index contributed by atoms with van der Waals surface area (Å²) in [5.41, 5.74) is 2.19. The molecule has 0 saturated heterocycles. The van der Waals surface area contributed by atoms with E-state index in [0.717, 1.165) is 21.5 Å². The van der Waals surface area contributed by atoms with Crippen molar-refractivity contribution in [3.8, 4) is 0 Å². The van der Waals surface area contributed by atoms with Crippen LogP contribution in [0.25, 0.3) is 21.5 Å². The Labute approximate surface area is 234 Å². The van der Waals surface area contributed by atoms with Gasteiger partial charge in [-0.1, -0.05) is 0 Å². The molecule has 0 aliphatic carbocycles. The van der Waals surface area contributed by atoms with Crippen molar-refractivity contribution in [2.75, 3.05) is 24.6 Å². The first-order valence-corrected chi connectivity index (χ1v) is 20.9. The fraction of sp³-hybridized carbons (Fsp3) is 0.143. The van der Waals surface area contributed by atoms with Crippen LogP contribution in [0.5, 0.6) is 0 Å². The number of hydrogen-bond acceptors (Lipinski definition) is 6. The zero-order valence-corrected chi connectivity index (χ0v) is 24.2. The number of carbonyl (C=O) groups is 4. The summed E-state index contributed by atoms with van der Waals surface area (Å²) in [4.78, 5) is 54.8. The third-order valence-corrected chi connectivity index (χ3v) is 19.0. The summed E-state index contributed by atoms with van der Waals surface area (Å²) >= 11 is -1.92. The van der Waals surface area contributed by atoms with Crippen LogP contribution in [0, 0.1) is 0 Å². The van der Waals surface area contributed by atoms with Crippen LogP contribution in [-0.4, -0.2) is 69.4 Å². The minimum atomic E-state index is -1.92. The van der Waals surface area contributed by atoms with Crippen molar-refractivity contribution in [3.63, 3.8) is 0 Å². The molecule has 4 aromatic carbocycles. The van der Waals surface area contributed by atoms with Gasteiger partial charge in [0, 0.05) is 0 Å². The van der Waals surface area contributed by atoms with Gasteiger partial charge in [0.25, 0.3) is 0 Å². The van der Waals surface area contributed by atoms with Crippen LogP contribution in [-0.2, 0) is 0 Å². The summed E-state index contributed by atoms with van der Waals surface area (Å²) in [6.07, 6.45) is 0. The number of imide groups is 2. The normalized spacial score (nSPS) is 14.9. The third kappa shape index (κ3) is 4.33. The molecule has 0 radical (unpaired) electrons. The van der Waals surface area contributed by atoms with Crippen LogP contribution in [0.4, 0.5) is 0 Å². The van der Waals surface area contributed by atoms with Crippen molar-refractivity contribution < 1.29 is 19.2 Å². The number of carbonyl (C=O) groups excluding carboxylic acids is 4. The van der Waals surface area contributed by atoms with Crippen LogP contribution >= 0.6 is 30.0 Å². The molecule has 38 heavy (non-hydrogen) atoms. The Balaban J connectivity index is 1.04. The second-order valence-electron chi connectivity index (χ2n) is 8.82. The van der Waals surface area contributed by atoms with E-state index in [-0.39, 0.29) is 36.7 Å². The summed E-state index contributed by atoms with van der Waals surface area (Å²) in [7, 11) is 9.77. The SMILES string of the molecule is O=C1c2cccc3cccc(c23)C(=O)N1CCS[As](Cl)SCCN1C(=O)c2cccc3cccc(c23)C1=O. The molecule has 0 saturated carbocycles. The molecular weight excluding hydrogens is 603 g/mol.